The Hall–Kier alpha value is -8.68. The van der Waals surface area contributed by atoms with Crippen LogP contribution in [-0.2, 0) is 0 Å². The smallest absolute Gasteiger partial charge is 0.246 e. The van der Waals surface area contributed by atoms with Crippen molar-refractivity contribution in [2.75, 3.05) is 4.90 Å². The van der Waals surface area contributed by atoms with Gasteiger partial charge in [-0.15, -0.1) is 0 Å². The maximum absolute atomic E-state index is 6.08. The molecule has 0 atom stereocenters. The molecule has 0 unspecified atom stereocenters. The van der Waals surface area contributed by atoms with Crippen LogP contribution in [0.1, 0.15) is 0 Å². The van der Waals surface area contributed by atoms with Crippen molar-refractivity contribution in [3.63, 3.8) is 0 Å². The van der Waals surface area contributed by atoms with E-state index in [0.29, 0.717) is 11.4 Å². The number of hydrogen-bond acceptors (Lipinski definition) is 7. The monoisotopic (exact) mass is 807 g/mol. The van der Waals surface area contributed by atoms with Gasteiger partial charge in [0, 0.05) is 39.0 Å². The molecule has 13 rings (SSSR count). The number of furan rings is 2. The molecule has 0 amide bonds. The minimum atomic E-state index is 0.525. The fourth-order valence-corrected chi connectivity index (χ4v) is 9.00. The molecule has 7 nitrogen and oxygen atoms in total. The summed E-state index contributed by atoms with van der Waals surface area (Å²) >= 11 is 0. The molecule has 0 saturated heterocycles. The lowest BCUT2D eigenvalue weighted by atomic mass is 9.96. The van der Waals surface area contributed by atoms with Gasteiger partial charge >= 0.3 is 0 Å². The molecule has 4 aromatic heterocycles. The number of nitrogens with zero attached hydrogens (tertiary/aromatic N) is 5. The zero-order valence-electron chi connectivity index (χ0n) is 33.6. The average molecular weight is 808 g/mol. The molecular weight excluding hydrogens is 775 g/mol. The Bertz CT molecular complexity index is 3770. The van der Waals surface area contributed by atoms with Crippen LogP contribution in [0, 0.1) is 0 Å². The first kappa shape index (κ1) is 35.1. The van der Waals surface area contributed by atoms with Crippen molar-refractivity contribution in [2.45, 2.75) is 0 Å². The van der Waals surface area contributed by atoms with E-state index >= 15 is 0 Å². The predicted octanol–water partition coefficient (Wildman–Crippen LogP) is 15.0. The van der Waals surface area contributed by atoms with Gasteiger partial charge in [-0.1, -0.05) is 115 Å². The van der Waals surface area contributed by atoms with Crippen molar-refractivity contribution >= 4 is 93.8 Å². The molecule has 0 radical (unpaired) electrons. The zero-order chi connectivity index (χ0) is 41.4. The Morgan fingerprint density at radius 3 is 1.38 bits per heavy atom. The van der Waals surface area contributed by atoms with Gasteiger partial charge in [-0.2, -0.15) is 0 Å². The molecule has 0 aliphatic rings. The van der Waals surface area contributed by atoms with Crippen molar-refractivity contribution in [1.29, 1.82) is 0 Å². The van der Waals surface area contributed by atoms with Gasteiger partial charge in [-0.05, 0) is 116 Å². The van der Waals surface area contributed by atoms with Gasteiger partial charge in [0.1, 0.15) is 22.2 Å². The topological polar surface area (TPSA) is 81.1 Å². The van der Waals surface area contributed by atoms with Crippen molar-refractivity contribution in [1.82, 2.24) is 19.9 Å². The van der Waals surface area contributed by atoms with Crippen molar-refractivity contribution < 1.29 is 8.83 Å². The SMILES string of the molecule is c1ccc2cc(-c3ccc4c(ccc5cc(N(c6ccc(-c7cnc8c(n7)oc7ccccc78)cc6)c6ccc(-c7cnc8c(n7)oc7ccccc78)cc6)ccc54)c3)ccc2c1. The van der Waals surface area contributed by atoms with E-state index in [1.54, 1.807) is 0 Å². The van der Waals surface area contributed by atoms with Gasteiger partial charge in [0.2, 0.25) is 11.4 Å². The molecule has 0 aliphatic heterocycles. The first-order valence-electron chi connectivity index (χ1n) is 20.9. The maximum atomic E-state index is 6.08. The third-order valence-electron chi connectivity index (χ3n) is 12.2. The number of benzene rings is 9. The second kappa shape index (κ2) is 13.9. The fourth-order valence-electron chi connectivity index (χ4n) is 9.00. The second-order valence-electron chi connectivity index (χ2n) is 15.9. The van der Waals surface area contributed by atoms with E-state index in [1.165, 1.54) is 38.1 Å². The highest BCUT2D eigenvalue weighted by Crippen LogP contribution is 2.40. The van der Waals surface area contributed by atoms with E-state index in [1.807, 2.05) is 60.9 Å². The normalized spacial score (nSPS) is 11.8. The largest absolute Gasteiger partial charge is 0.436 e. The fraction of sp³-hybridized carbons (Fsp3) is 0. The quantitative estimate of drug-likeness (QED) is 0.155. The minimum Gasteiger partial charge on any atom is -0.436 e. The first-order valence-corrected chi connectivity index (χ1v) is 20.9. The van der Waals surface area contributed by atoms with E-state index in [-0.39, 0.29) is 0 Å². The number of fused-ring (bicyclic) bond motifs is 10. The molecule has 0 bridgehead atoms. The van der Waals surface area contributed by atoms with E-state index < -0.39 is 0 Å². The standard InChI is InChI=1S/C56H33N5O2/c1-2-8-37-29-38(14-13-34(37)7-1)39-21-27-45-40(30-39)15-16-41-31-44(26-28-46(41)45)61(42-22-17-35(18-23-42)49-32-57-53-47-9-3-5-11-51(47)62-55(53)59-49)43-24-19-36(20-25-43)50-33-58-54-48-10-4-6-12-52(48)63-56(54)60-50/h1-33H. The van der Waals surface area contributed by atoms with Gasteiger partial charge < -0.3 is 13.7 Å². The number of hydrogen-bond donors (Lipinski definition) is 0. The van der Waals surface area contributed by atoms with Gasteiger partial charge in [0.25, 0.3) is 0 Å². The summed E-state index contributed by atoms with van der Waals surface area (Å²) in [6, 6.07) is 65.9. The van der Waals surface area contributed by atoms with Crippen LogP contribution in [0.5, 0.6) is 0 Å². The minimum absolute atomic E-state index is 0.525. The summed E-state index contributed by atoms with van der Waals surface area (Å²) in [6.07, 6.45) is 3.64. The van der Waals surface area contributed by atoms with Crippen LogP contribution >= 0.6 is 0 Å². The Balaban J connectivity index is 0.884. The molecular formula is C56H33N5O2. The molecule has 0 fully saturated rings. The average Bonchev–Trinajstić information content (AvgIpc) is 3.92. The molecule has 4 heterocycles. The van der Waals surface area contributed by atoms with Gasteiger partial charge in [0.05, 0.1) is 23.8 Å². The third kappa shape index (κ3) is 5.90. The number of rotatable bonds is 6. The summed E-state index contributed by atoms with van der Waals surface area (Å²) in [7, 11) is 0. The van der Waals surface area contributed by atoms with Gasteiger partial charge in [0.15, 0.2) is 0 Å². The first-order chi connectivity index (χ1) is 31.2. The van der Waals surface area contributed by atoms with E-state index in [0.717, 1.165) is 77.9 Å². The summed E-state index contributed by atoms with van der Waals surface area (Å²) in [5.74, 6) is 0. The lowest BCUT2D eigenvalue weighted by molar-refractivity contribution is 0.653. The van der Waals surface area contributed by atoms with Gasteiger partial charge in [-0.25, -0.2) is 19.9 Å². The number of aromatic nitrogens is 4. The van der Waals surface area contributed by atoms with Crippen molar-refractivity contribution in [2.24, 2.45) is 0 Å². The second-order valence-corrected chi connectivity index (χ2v) is 15.9. The summed E-state index contributed by atoms with van der Waals surface area (Å²) in [5, 5.41) is 9.18. The molecule has 7 heteroatoms. The van der Waals surface area contributed by atoms with Crippen LogP contribution in [-0.4, -0.2) is 19.9 Å². The molecule has 9 aromatic carbocycles. The Labute approximate surface area is 360 Å². The summed E-state index contributed by atoms with van der Waals surface area (Å²) in [6.45, 7) is 0. The number of anilines is 3. The van der Waals surface area contributed by atoms with Crippen LogP contribution in [0.3, 0.4) is 0 Å². The zero-order valence-corrected chi connectivity index (χ0v) is 33.6. The third-order valence-corrected chi connectivity index (χ3v) is 12.2. The Kier molecular flexibility index (Phi) is 7.77. The number of para-hydroxylation sites is 2. The highest BCUT2D eigenvalue weighted by Gasteiger charge is 2.17. The summed E-state index contributed by atoms with van der Waals surface area (Å²) < 4.78 is 12.2. The molecule has 0 N–H and O–H groups in total. The van der Waals surface area contributed by atoms with Gasteiger partial charge in [-0.3, -0.25) is 0 Å². The molecule has 294 valence electrons. The van der Waals surface area contributed by atoms with Crippen molar-refractivity contribution in [3.05, 3.63) is 200 Å². The van der Waals surface area contributed by atoms with Crippen LogP contribution in [0.4, 0.5) is 17.1 Å². The summed E-state index contributed by atoms with van der Waals surface area (Å²) in [4.78, 5) is 21.5. The Morgan fingerprint density at radius 2 is 0.778 bits per heavy atom. The van der Waals surface area contributed by atoms with Crippen LogP contribution in [0.15, 0.2) is 209 Å². The molecule has 13 aromatic rings. The summed E-state index contributed by atoms with van der Waals surface area (Å²) in [5.41, 5.74) is 12.9. The molecule has 63 heavy (non-hydrogen) atoms. The van der Waals surface area contributed by atoms with E-state index in [9.17, 15) is 0 Å². The predicted molar refractivity (Wildman–Crippen MR) is 256 cm³/mol. The Morgan fingerprint density at radius 1 is 0.333 bits per heavy atom. The lowest BCUT2D eigenvalue weighted by Gasteiger charge is -2.26. The molecule has 0 saturated carbocycles. The molecule has 0 spiro atoms. The van der Waals surface area contributed by atoms with E-state index in [4.69, 9.17) is 28.8 Å². The van der Waals surface area contributed by atoms with Crippen LogP contribution < -0.4 is 4.90 Å². The maximum Gasteiger partial charge on any atom is 0.246 e. The highest BCUT2D eigenvalue weighted by molar-refractivity contribution is 6.10. The lowest BCUT2D eigenvalue weighted by Crippen LogP contribution is -2.10. The molecule has 0 aliphatic carbocycles. The highest BCUT2D eigenvalue weighted by atomic mass is 16.3. The van der Waals surface area contributed by atoms with E-state index in [2.05, 4.69) is 144 Å². The van der Waals surface area contributed by atoms with Crippen LogP contribution in [0.2, 0.25) is 0 Å². The van der Waals surface area contributed by atoms with Crippen molar-refractivity contribution in [3.8, 4) is 33.6 Å². The van der Waals surface area contributed by atoms with Crippen LogP contribution in [0.25, 0.3) is 110 Å².